The second-order valence-corrected chi connectivity index (χ2v) is 3.76. The number of nitrogens with two attached hydrogens (primary N) is 2. The summed E-state index contributed by atoms with van der Waals surface area (Å²) in [5.41, 5.74) is 13.0. The van der Waals surface area contributed by atoms with E-state index in [4.69, 9.17) is 11.5 Å². The number of pyridine rings is 1. The van der Waals surface area contributed by atoms with E-state index in [0.29, 0.717) is 22.3 Å². The molecule has 0 aliphatic heterocycles. The third-order valence-electron chi connectivity index (χ3n) is 2.41. The van der Waals surface area contributed by atoms with Gasteiger partial charge in [0, 0.05) is 24.8 Å². The minimum Gasteiger partial charge on any atom is -0.395 e. The highest BCUT2D eigenvalue weighted by molar-refractivity contribution is 5.83. The number of nitrogens with zero attached hydrogens (tertiary/aromatic N) is 2. The molecule has 0 spiro atoms. The highest BCUT2D eigenvalue weighted by atomic mass is 19.1. The van der Waals surface area contributed by atoms with Crippen LogP contribution in [0.3, 0.4) is 0 Å². The normalized spacial score (nSPS) is 12.3. The van der Waals surface area contributed by atoms with E-state index in [1.807, 2.05) is 0 Å². The van der Waals surface area contributed by atoms with Crippen LogP contribution >= 0.6 is 0 Å². The molecule has 0 fully saturated rings. The van der Waals surface area contributed by atoms with Crippen LogP contribution in [0.1, 0.15) is 5.56 Å². The van der Waals surface area contributed by atoms with Gasteiger partial charge >= 0.3 is 0 Å². The van der Waals surface area contributed by atoms with Crippen molar-refractivity contribution in [1.82, 2.24) is 9.97 Å². The van der Waals surface area contributed by atoms with E-state index in [0.717, 1.165) is 6.20 Å². The number of aromatic amines is 1. The molecular formula is C13H12FN5. The van der Waals surface area contributed by atoms with Crippen molar-refractivity contribution in [2.24, 2.45) is 16.5 Å². The molecule has 0 atom stereocenters. The Kier molecular flexibility index (Phi) is 3.48. The average molecular weight is 257 g/mol. The third-order valence-corrected chi connectivity index (χ3v) is 2.41. The molecule has 0 aliphatic rings. The lowest BCUT2D eigenvalue weighted by Crippen LogP contribution is -2.09. The van der Waals surface area contributed by atoms with Crippen LogP contribution in [0.15, 0.2) is 34.8 Å². The van der Waals surface area contributed by atoms with Crippen molar-refractivity contribution in [1.29, 1.82) is 0 Å². The number of H-pyrrole nitrogens is 1. The first-order chi connectivity index (χ1) is 9.11. The van der Waals surface area contributed by atoms with Crippen LogP contribution in [0.5, 0.6) is 0 Å². The molecule has 0 amide bonds. The van der Waals surface area contributed by atoms with E-state index in [9.17, 15) is 4.39 Å². The Hall–Kier alpha value is -2.81. The van der Waals surface area contributed by atoms with Crippen LogP contribution < -0.4 is 11.5 Å². The smallest absolute Gasteiger partial charge is 0.142 e. The van der Waals surface area contributed by atoms with Crippen molar-refractivity contribution < 1.29 is 4.39 Å². The molecule has 2 rings (SSSR count). The van der Waals surface area contributed by atoms with E-state index < -0.39 is 5.82 Å². The third kappa shape index (κ3) is 2.72. The fraction of sp³-hybridized carbons (Fsp3) is 0.0769. The highest BCUT2D eigenvalue weighted by Gasteiger charge is 2.03. The lowest BCUT2D eigenvalue weighted by atomic mass is 10.2. The minimum absolute atomic E-state index is 0.212. The Labute approximate surface area is 109 Å². The molecule has 0 aliphatic carbocycles. The second-order valence-electron chi connectivity index (χ2n) is 3.76. The molecule has 0 aromatic carbocycles. The van der Waals surface area contributed by atoms with Crippen LogP contribution in [-0.2, 0) is 0 Å². The topological polar surface area (TPSA) is 93.1 Å². The van der Waals surface area contributed by atoms with Crippen LogP contribution in [0.25, 0.3) is 11.0 Å². The number of allylic oxidation sites excluding steroid dienone is 2. The zero-order valence-electron chi connectivity index (χ0n) is 10.2. The van der Waals surface area contributed by atoms with Gasteiger partial charge in [-0.1, -0.05) is 5.92 Å². The van der Waals surface area contributed by atoms with Gasteiger partial charge in [0.25, 0.3) is 0 Å². The van der Waals surface area contributed by atoms with Gasteiger partial charge in [-0.2, -0.15) is 0 Å². The number of fused-ring (bicyclic) bond motifs is 1. The molecule has 0 unspecified atom stereocenters. The Bertz CT molecular complexity index is 730. The fourth-order valence-electron chi connectivity index (χ4n) is 1.50. The fourth-order valence-corrected chi connectivity index (χ4v) is 1.50. The molecule has 0 bridgehead atoms. The summed E-state index contributed by atoms with van der Waals surface area (Å²) in [6, 6.07) is 1.36. The van der Waals surface area contributed by atoms with Crippen LogP contribution in [0.2, 0.25) is 0 Å². The van der Waals surface area contributed by atoms with Crippen LogP contribution in [-0.4, -0.2) is 23.2 Å². The molecule has 2 aromatic heterocycles. The molecule has 0 saturated heterocycles. The number of halogens is 1. The van der Waals surface area contributed by atoms with Gasteiger partial charge in [0.05, 0.1) is 17.5 Å². The van der Waals surface area contributed by atoms with Gasteiger partial charge in [0.1, 0.15) is 17.2 Å². The molecule has 19 heavy (non-hydrogen) atoms. The molecule has 0 radical (unpaired) electrons. The SMILES string of the molecule is CN=CC(N)=C(N)C#Cc1c[nH]c2ncc(F)cc12. The van der Waals surface area contributed by atoms with Crippen molar-refractivity contribution in [3.63, 3.8) is 0 Å². The van der Waals surface area contributed by atoms with Crippen molar-refractivity contribution in [2.75, 3.05) is 7.05 Å². The van der Waals surface area contributed by atoms with Crippen LogP contribution in [0.4, 0.5) is 4.39 Å². The predicted octanol–water partition coefficient (Wildman–Crippen LogP) is 0.883. The Morgan fingerprint density at radius 2 is 2.32 bits per heavy atom. The van der Waals surface area contributed by atoms with E-state index in [1.165, 1.54) is 12.3 Å². The standard InChI is InChI=1S/C13H12FN5/c1-17-7-12(16)11(15)3-2-8-5-18-13-10(8)4-9(14)6-19-13/h4-7H,15-16H2,1H3,(H,18,19). The number of rotatable bonds is 1. The monoisotopic (exact) mass is 257 g/mol. The van der Waals surface area contributed by atoms with Crippen molar-refractivity contribution >= 4 is 17.2 Å². The first-order valence-corrected chi connectivity index (χ1v) is 5.44. The molecule has 2 heterocycles. The Morgan fingerprint density at radius 1 is 1.53 bits per heavy atom. The van der Waals surface area contributed by atoms with Gasteiger partial charge in [0.15, 0.2) is 0 Å². The summed E-state index contributed by atoms with van der Waals surface area (Å²) in [7, 11) is 1.58. The largest absolute Gasteiger partial charge is 0.395 e. The predicted molar refractivity (Wildman–Crippen MR) is 72.7 cm³/mol. The van der Waals surface area contributed by atoms with Gasteiger partial charge in [-0.3, -0.25) is 4.99 Å². The van der Waals surface area contributed by atoms with Gasteiger partial charge in [0.2, 0.25) is 0 Å². The molecule has 2 aromatic rings. The maximum atomic E-state index is 13.1. The van der Waals surface area contributed by atoms with E-state index in [-0.39, 0.29) is 5.70 Å². The molecular weight excluding hydrogens is 245 g/mol. The molecule has 5 N–H and O–H groups in total. The van der Waals surface area contributed by atoms with Gasteiger partial charge in [-0.15, -0.1) is 0 Å². The lowest BCUT2D eigenvalue weighted by molar-refractivity contribution is 0.624. The van der Waals surface area contributed by atoms with E-state index in [2.05, 4.69) is 26.8 Å². The molecule has 5 nitrogen and oxygen atoms in total. The molecule has 6 heteroatoms. The summed E-state index contributed by atoms with van der Waals surface area (Å²) >= 11 is 0. The number of hydrogen-bond donors (Lipinski definition) is 3. The van der Waals surface area contributed by atoms with Gasteiger partial charge < -0.3 is 16.5 Å². The lowest BCUT2D eigenvalue weighted by Gasteiger charge is -1.93. The number of aliphatic imine (C=N–C) groups is 1. The zero-order valence-corrected chi connectivity index (χ0v) is 10.2. The summed E-state index contributed by atoms with van der Waals surface area (Å²) < 4.78 is 13.1. The number of hydrogen-bond acceptors (Lipinski definition) is 4. The average Bonchev–Trinajstić information content (AvgIpc) is 2.78. The summed E-state index contributed by atoms with van der Waals surface area (Å²) in [6.07, 6.45) is 4.20. The minimum atomic E-state index is -0.420. The molecule has 0 saturated carbocycles. The van der Waals surface area contributed by atoms with Crippen molar-refractivity contribution in [2.45, 2.75) is 0 Å². The number of nitrogens with one attached hydrogen (secondary N) is 1. The maximum Gasteiger partial charge on any atom is 0.142 e. The zero-order chi connectivity index (χ0) is 13.8. The van der Waals surface area contributed by atoms with Gasteiger partial charge in [-0.25, -0.2) is 9.37 Å². The number of aromatic nitrogens is 2. The summed E-state index contributed by atoms with van der Waals surface area (Å²) in [4.78, 5) is 10.5. The summed E-state index contributed by atoms with van der Waals surface area (Å²) in [5.74, 6) is 5.10. The van der Waals surface area contributed by atoms with E-state index in [1.54, 1.807) is 13.2 Å². The van der Waals surface area contributed by atoms with Crippen LogP contribution in [0, 0.1) is 17.7 Å². The second kappa shape index (κ2) is 5.23. The Morgan fingerprint density at radius 3 is 3.05 bits per heavy atom. The van der Waals surface area contributed by atoms with Crippen molar-refractivity contribution in [3.8, 4) is 11.8 Å². The Balaban J connectivity index is 2.43. The summed E-state index contributed by atoms with van der Waals surface area (Å²) in [6.45, 7) is 0. The summed E-state index contributed by atoms with van der Waals surface area (Å²) in [5, 5.41) is 0.600. The first kappa shape index (κ1) is 12.6. The molecule has 96 valence electrons. The van der Waals surface area contributed by atoms with Crippen molar-refractivity contribution in [3.05, 3.63) is 41.2 Å². The maximum absolute atomic E-state index is 13.1. The first-order valence-electron chi connectivity index (χ1n) is 5.44. The van der Waals surface area contributed by atoms with E-state index >= 15 is 0 Å². The van der Waals surface area contributed by atoms with Gasteiger partial charge in [-0.05, 0) is 12.0 Å². The quantitative estimate of drug-likeness (QED) is 0.523. The highest BCUT2D eigenvalue weighted by Crippen LogP contribution is 2.16.